The summed E-state index contributed by atoms with van der Waals surface area (Å²) in [5.74, 6) is 0. The largest absolute Gasteiger partial charge is 0.388 e. The van der Waals surface area contributed by atoms with E-state index in [2.05, 4.69) is 41.3 Å². The molecule has 0 spiro atoms. The van der Waals surface area contributed by atoms with E-state index in [0.29, 0.717) is 13.1 Å². The maximum Gasteiger partial charge on any atom is 0.184 e. The first-order valence-corrected chi connectivity index (χ1v) is 10.9. The number of hydrogen-bond acceptors (Lipinski definition) is 5. The lowest BCUT2D eigenvalue weighted by molar-refractivity contribution is -0.262. The fraction of sp³-hybridized carbons (Fsp3) is 0.259. The van der Waals surface area contributed by atoms with Crippen LogP contribution in [0.15, 0.2) is 104 Å². The van der Waals surface area contributed by atoms with Crippen LogP contribution in [0, 0.1) is 0 Å². The SMILES string of the molecule is C=C[C@H](NN(Cc1ccccc1)Cc1ccccc1)[C@H]1O[C@@H](c2ccccc2)OC[C@H]1O. The molecule has 0 radical (unpaired) electrons. The topological polar surface area (TPSA) is 54.0 Å². The molecule has 1 saturated heterocycles. The standard InChI is InChI=1S/C27H30N2O3/c1-2-24(26-25(30)20-31-27(32-26)23-16-10-5-11-17-23)28-29(18-21-12-6-3-7-13-21)19-22-14-8-4-9-15-22/h2-17,24-28,30H,1,18-20H2/t24-,25+,26+,27-/m0/s1. The fourth-order valence-corrected chi connectivity index (χ4v) is 3.89. The first-order chi connectivity index (χ1) is 15.7. The van der Waals surface area contributed by atoms with Crippen molar-refractivity contribution in [2.24, 2.45) is 0 Å². The summed E-state index contributed by atoms with van der Waals surface area (Å²) in [5, 5.41) is 12.8. The molecule has 4 atom stereocenters. The second-order valence-corrected chi connectivity index (χ2v) is 7.96. The molecular weight excluding hydrogens is 400 g/mol. The van der Waals surface area contributed by atoms with Crippen molar-refractivity contribution in [3.8, 4) is 0 Å². The number of benzene rings is 3. The molecule has 0 aromatic heterocycles. The molecule has 1 aliphatic rings. The van der Waals surface area contributed by atoms with E-state index in [9.17, 15) is 5.11 Å². The normalized spacial score (nSPS) is 21.9. The van der Waals surface area contributed by atoms with Gasteiger partial charge in [-0.15, -0.1) is 6.58 Å². The number of rotatable bonds is 9. The minimum absolute atomic E-state index is 0.202. The van der Waals surface area contributed by atoms with Crippen molar-refractivity contribution in [3.05, 3.63) is 120 Å². The molecule has 0 amide bonds. The van der Waals surface area contributed by atoms with Crippen LogP contribution in [0.3, 0.4) is 0 Å². The molecule has 1 aliphatic heterocycles. The second-order valence-electron chi connectivity index (χ2n) is 7.96. The maximum atomic E-state index is 10.7. The zero-order chi connectivity index (χ0) is 22.2. The molecule has 0 bridgehead atoms. The third-order valence-corrected chi connectivity index (χ3v) is 5.52. The Balaban J connectivity index is 1.51. The third kappa shape index (κ3) is 5.91. The highest BCUT2D eigenvalue weighted by atomic mass is 16.7. The number of nitrogens with zero attached hydrogens (tertiary/aromatic N) is 1. The summed E-state index contributed by atoms with van der Waals surface area (Å²) in [4.78, 5) is 0. The highest BCUT2D eigenvalue weighted by Gasteiger charge is 2.36. The average Bonchev–Trinajstić information content (AvgIpc) is 2.85. The molecule has 32 heavy (non-hydrogen) atoms. The quantitative estimate of drug-likeness (QED) is 0.393. The molecule has 0 saturated carbocycles. The van der Waals surface area contributed by atoms with Crippen LogP contribution in [0.1, 0.15) is 23.0 Å². The van der Waals surface area contributed by atoms with Crippen LogP contribution in [0.2, 0.25) is 0 Å². The lowest BCUT2D eigenvalue weighted by atomic mass is 10.0. The zero-order valence-electron chi connectivity index (χ0n) is 18.1. The molecule has 3 aromatic carbocycles. The Morgan fingerprint density at radius 3 is 1.97 bits per heavy atom. The van der Waals surface area contributed by atoms with Crippen LogP contribution in [-0.4, -0.2) is 35.0 Å². The highest BCUT2D eigenvalue weighted by molar-refractivity contribution is 5.18. The van der Waals surface area contributed by atoms with E-state index in [0.717, 1.165) is 5.56 Å². The van der Waals surface area contributed by atoms with Crippen molar-refractivity contribution < 1.29 is 14.6 Å². The van der Waals surface area contributed by atoms with Gasteiger partial charge >= 0.3 is 0 Å². The van der Waals surface area contributed by atoms with Gasteiger partial charge in [-0.25, -0.2) is 10.4 Å². The summed E-state index contributed by atoms with van der Waals surface area (Å²) >= 11 is 0. The molecule has 0 aliphatic carbocycles. The molecule has 3 aromatic rings. The van der Waals surface area contributed by atoms with Gasteiger partial charge in [-0.2, -0.15) is 0 Å². The Kier molecular flexibility index (Phi) is 7.82. The predicted molar refractivity (Wildman–Crippen MR) is 125 cm³/mol. The zero-order valence-corrected chi connectivity index (χ0v) is 18.1. The Bertz CT molecular complexity index is 911. The van der Waals surface area contributed by atoms with Crippen molar-refractivity contribution >= 4 is 0 Å². The minimum atomic E-state index is -0.763. The predicted octanol–water partition coefficient (Wildman–Crippen LogP) is 4.22. The van der Waals surface area contributed by atoms with Crippen LogP contribution in [0.4, 0.5) is 0 Å². The maximum absolute atomic E-state index is 10.7. The van der Waals surface area contributed by atoms with Crippen molar-refractivity contribution in [3.63, 3.8) is 0 Å². The van der Waals surface area contributed by atoms with Crippen LogP contribution < -0.4 is 5.43 Å². The highest BCUT2D eigenvalue weighted by Crippen LogP contribution is 2.28. The Hall–Kier alpha value is -2.80. The van der Waals surface area contributed by atoms with Gasteiger partial charge in [0.05, 0.1) is 12.6 Å². The van der Waals surface area contributed by atoms with Gasteiger partial charge in [0.25, 0.3) is 0 Å². The van der Waals surface area contributed by atoms with Crippen LogP contribution in [-0.2, 0) is 22.6 Å². The summed E-state index contributed by atoms with van der Waals surface area (Å²) < 4.78 is 12.0. The van der Waals surface area contributed by atoms with Crippen molar-refractivity contribution in [2.75, 3.05) is 6.61 Å². The summed E-state index contributed by atoms with van der Waals surface area (Å²) in [7, 11) is 0. The number of aliphatic hydroxyl groups excluding tert-OH is 1. The lowest BCUT2D eigenvalue weighted by Gasteiger charge is -2.39. The van der Waals surface area contributed by atoms with E-state index in [4.69, 9.17) is 9.47 Å². The van der Waals surface area contributed by atoms with Gasteiger partial charge in [0.15, 0.2) is 6.29 Å². The van der Waals surface area contributed by atoms with Gasteiger partial charge in [0.2, 0.25) is 0 Å². The first-order valence-electron chi connectivity index (χ1n) is 10.9. The van der Waals surface area contributed by atoms with Crippen molar-refractivity contribution in [2.45, 2.75) is 37.6 Å². The molecule has 5 nitrogen and oxygen atoms in total. The van der Waals surface area contributed by atoms with Gasteiger partial charge in [0.1, 0.15) is 12.2 Å². The fourth-order valence-electron chi connectivity index (χ4n) is 3.89. The third-order valence-electron chi connectivity index (χ3n) is 5.52. The molecule has 5 heteroatoms. The van der Waals surface area contributed by atoms with Crippen molar-refractivity contribution in [1.29, 1.82) is 0 Å². The molecule has 2 N–H and O–H groups in total. The Morgan fingerprint density at radius 1 is 0.906 bits per heavy atom. The smallest absolute Gasteiger partial charge is 0.184 e. The molecular formula is C27H30N2O3. The molecule has 4 rings (SSSR count). The molecule has 1 heterocycles. The number of aliphatic hydroxyl groups is 1. The van der Waals surface area contributed by atoms with Gasteiger partial charge in [-0.1, -0.05) is 97.1 Å². The molecule has 1 fully saturated rings. The minimum Gasteiger partial charge on any atom is -0.388 e. The van der Waals surface area contributed by atoms with Crippen molar-refractivity contribution in [1.82, 2.24) is 10.4 Å². The van der Waals surface area contributed by atoms with Gasteiger partial charge in [-0.05, 0) is 11.1 Å². The summed E-state index contributed by atoms with van der Waals surface area (Å²) in [6.45, 7) is 5.61. The summed E-state index contributed by atoms with van der Waals surface area (Å²) in [5.41, 5.74) is 6.85. The van der Waals surface area contributed by atoms with E-state index in [1.807, 2.05) is 66.7 Å². The van der Waals surface area contributed by atoms with E-state index in [1.54, 1.807) is 6.08 Å². The number of hydrazine groups is 1. The van der Waals surface area contributed by atoms with Crippen LogP contribution >= 0.6 is 0 Å². The van der Waals surface area contributed by atoms with Crippen LogP contribution in [0.25, 0.3) is 0 Å². The summed E-state index contributed by atoms with van der Waals surface area (Å²) in [6.07, 6.45) is 0.0105. The van der Waals surface area contributed by atoms with E-state index in [1.165, 1.54) is 11.1 Å². The van der Waals surface area contributed by atoms with E-state index in [-0.39, 0.29) is 12.6 Å². The molecule has 166 valence electrons. The number of ether oxygens (including phenoxy) is 2. The van der Waals surface area contributed by atoms with E-state index < -0.39 is 18.5 Å². The van der Waals surface area contributed by atoms with Gasteiger partial charge < -0.3 is 14.6 Å². The monoisotopic (exact) mass is 430 g/mol. The van der Waals surface area contributed by atoms with Crippen LogP contribution in [0.5, 0.6) is 0 Å². The lowest BCUT2D eigenvalue weighted by Crippen LogP contribution is -2.55. The molecule has 0 unspecified atom stereocenters. The van der Waals surface area contributed by atoms with Gasteiger partial charge in [-0.3, -0.25) is 0 Å². The average molecular weight is 431 g/mol. The number of hydrogen-bond donors (Lipinski definition) is 2. The second kappa shape index (κ2) is 11.2. The van der Waals surface area contributed by atoms with Gasteiger partial charge in [0, 0.05) is 18.7 Å². The summed E-state index contributed by atoms with van der Waals surface area (Å²) in [6, 6.07) is 30.1. The Labute approximate surface area is 189 Å². The first kappa shape index (κ1) is 22.4. The van der Waals surface area contributed by atoms with E-state index >= 15 is 0 Å². The number of nitrogens with one attached hydrogen (secondary N) is 1. The Morgan fingerprint density at radius 2 is 1.44 bits per heavy atom.